The summed E-state index contributed by atoms with van der Waals surface area (Å²) in [5, 5.41) is 9.09. The van der Waals surface area contributed by atoms with Gasteiger partial charge in [-0.25, -0.2) is 0 Å². The van der Waals surface area contributed by atoms with Gasteiger partial charge in [-0.1, -0.05) is 19.3 Å². The fraction of sp³-hybridized carbons (Fsp3) is 0.842. The molecule has 0 bridgehead atoms. The molecule has 0 N–H and O–H groups in total. The Morgan fingerprint density at radius 1 is 1.00 bits per heavy atom. The van der Waals surface area contributed by atoms with E-state index in [-0.39, 0.29) is 5.91 Å². The molecule has 1 saturated heterocycles. The molecule has 0 aromatic carbocycles. The summed E-state index contributed by atoms with van der Waals surface area (Å²) in [5.41, 5.74) is 0. The molecular weight excluding hydrogens is 314 g/mol. The van der Waals surface area contributed by atoms with E-state index in [1.807, 2.05) is 4.90 Å². The summed E-state index contributed by atoms with van der Waals surface area (Å²) in [4.78, 5) is 16.3. The maximum Gasteiger partial charge on any atom is 0.219 e. The molecule has 3 heterocycles. The Labute approximate surface area is 150 Å². The number of aromatic nitrogens is 3. The average Bonchev–Trinajstić information content (AvgIpc) is 3.16. The lowest BCUT2D eigenvalue weighted by Crippen LogP contribution is -2.33. The number of nitrogens with zero attached hydrogens (tertiary/aromatic N) is 5. The van der Waals surface area contributed by atoms with Gasteiger partial charge in [-0.15, -0.1) is 10.2 Å². The van der Waals surface area contributed by atoms with E-state index in [2.05, 4.69) is 19.7 Å². The number of amides is 1. The Balaban J connectivity index is 1.48. The summed E-state index contributed by atoms with van der Waals surface area (Å²) in [6.07, 6.45) is 10.3. The van der Waals surface area contributed by atoms with Crippen LogP contribution in [-0.2, 0) is 17.8 Å². The van der Waals surface area contributed by atoms with Crippen LogP contribution >= 0.6 is 0 Å². The minimum Gasteiger partial charge on any atom is -0.341 e. The van der Waals surface area contributed by atoms with E-state index in [0.717, 1.165) is 43.6 Å². The lowest BCUT2D eigenvalue weighted by molar-refractivity contribution is -0.128. The van der Waals surface area contributed by atoms with Crippen molar-refractivity contribution < 1.29 is 4.79 Å². The molecule has 3 aliphatic rings. The minimum absolute atomic E-state index is 0.167. The summed E-state index contributed by atoms with van der Waals surface area (Å²) in [5.74, 6) is 3.24. The van der Waals surface area contributed by atoms with Crippen LogP contribution < -0.4 is 0 Å². The molecule has 1 amide bonds. The number of likely N-dealkylation sites (tertiary alicyclic amines) is 1. The van der Waals surface area contributed by atoms with Crippen molar-refractivity contribution in [2.24, 2.45) is 5.92 Å². The SMILES string of the molecule is CC(=O)N1CCc2nnc([C@H]3CCCN3CC3CCCCC3)n2CC1. The highest BCUT2D eigenvalue weighted by molar-refractivity contribution is 5.73. The summed E-state index contributed by atoms with van der Waals surface area (Å²) < 4.78 is 2.31. The van der Waals surface area contributed by atoms with Crippen LogP contribution in [0.1, 0.15) is 69.6 Å². The topological polar surface area (TPSA) is 54.3 Å². The molecule has 0 spiro atoms. The molecule has 138 valence electrons. The van der Waals surface area contributed by atoms with Crippen molar-refractivity contribution >= 4 is 5.91 Å². The van der Waals surface area contributed by atoms with E-state index in [1.54, 1.807) is 6.92 Å². The fourth-order valence-electron chi connectivity index (χ4n) is 4.95. The first-order chi connectivity index (χ1) is 12.2. The standard InChI is InChI=1S/C19H31N5O/c1-15(25)22-11-9-18-20-21-19(24(18)13-12-22)17-8-5-10-23(17)14-16-6-3-2-4-7-16/h16-17H,2-14H2,1H3/t17-/m1/s1. The van der Waals surface area contributed by atoms with Gasteiger partial charge in [-0.2, -0.15) is 0 Å². The van der Waals surface area contributed by atoms with Gasteiger partial charge in [0, 0.05) is 39.5 Å². The molecule has 2 aliphatic heterocycles. The van der Waals surface area contributed by atoms with Gasteiger partial charge < -0.3 is 9.47 Å². The first-order valence-corrected chi connectivity index (χ1v) is 10.1. The van der Waals surface area contributed by atoms with Crippen LogP contribution in [0.4, 0.5) is 0 Å². The second kappa shape index (κ2) is 7.44. The normalized spacial score (nSPS) is 25.8. The molecule has 1 atom stereocenters. The first-order valence-electron chi connectivity index (χ1n) is 10.1. The van der Waals surface area contributed by atoms with Gasteiger partial charge in [0.05, 0.1) is 6.04 Å². The molecule has 6 nitrogen and oxygen atoms in total. The second-order valence-electron chi connectivity index (χ2n) is 8.04. The highest BCUT2D eigenvalue weighted by Crippen LogP contribution is 2.34. The monoisotopic (exact) mass is 345 g/mol. The van der Waals surface area contributed by atoms with Crippen molar-refractivity contribution in [2.45, 2.75) is 70.9 Å². The third-order valence-corrected chi connectivity index (χ3v) is 6.38. The molecule has 25 heavy (non-hydrogen) atoms. The van der Waals surface area contributed by atoms with Gasteiger partial charge in [0.15, 0.2) is 0 Å². The quantitative estimate of drug-likeness (QED) is 0.844. The van der Waals surface area contributed by atoms with Crippen molar-refractivity contribution in [3.63, 3.8) is 0 Å². The zero-order chi connectivity index (χ0) is 17.2. The van der Waals surface area contributed by atoms with Crippen LogP contribution in [-0.4, -0.2) is 56.7 Å². The molecule has 1 saturated carbocycles. The number of carbonyl (C=O) groups excluding carboxylic acids is 1. The zero-order valence-corrected chi connectivity index (χ0v) is 15.5. The van der Waals surface area contributed by atoms with Gasteiger partial charge in [-0.3, -0.25) is 9.69 Å². The van der Waals surface area contributed by atoms with Gasteiger partial charge in [0.2, 0.25) is 5.91 Å². The minimum atomic E-state index is 0.167. The van der Waals surface area contributed by atoms with Crippen LogP contribution in [0.5, 0.6) is 0 Å². The summed E-state index contributed by atoms with van der Waals surface area (Å²) in [7, 11) is 0. The molecule has 0 unspecified atom stereocenters. The smallest absolute Gasteiger partial charge is 0.219 e. The molecular formula is C19H31N5O. The molecule has 1 aliphatic carbocycles. The maximum absolute atomic E-state index is 11.7. The second-order valence-corrected chi connectivity index (χ2v) is 8.04. The van der Waals surface area contributed by atoms with Crippen LogP contribution in [0, 0.1) is 5.92 Å². The van der Waals surface area contributed by atoms with Crippen molar-refractivity contribution in [1.29, 1.82) is 0 Å². The summed E-state index contributed by atoms with van der Waals surface area (Å²) in [6, 6.07) is 0.423. The lowest BCUT2D eigenvalue weighted by Gasteiger charge is -2.30. The predicted molar refractivity (Wildman–Crippen MR) is 96.1 cm³/mol. The van der Waals surface area contributed by atoms with Gasteiger partial charge in [0.1, 0.15) is 11.6 Å². The van der Waals surface area contributed by atoms with Crippen molar-refractivity contribution in [3.8, 4) is 0 Å². The largest absolute Gasteiger partial charge is 0.341 e. The predicted octanol–water partition coefficient (Wildman–Crippen LogP) is 2.40. The Morgan fingerprint density at radius 2 is 1.84 bits per heavy atom. The van der Waals surface area contributed by atoms with Crippen LogP contribution in [0.3, 0.4) is 0 Å². The molecule has 6 heteroatoms. The molecule has 1 aromatic rings. The summed E-state index contributed by atoms with van der Waals surface area (Å²) >= 11 is 0. The van der Waals surface area contributed by atoms with Crippen LogP contribution in [0.2, 0.25) is 0 Å². The van der Waals surface area contributed by atoms with E-state index in [9.17, 15) is 4.79 Å². The van der Waals surface area contributed by atoms with Crippen LogP contribution in [0.25, 0.3) is 0 Å². The highest BCUT2D eigenvalue weighted by atomic mass is 16.2. The first kappa shape index (κ1) is 17.0. The number of carbonyl (C=O) groups is 1. The van der Waals surface area contributed by atoms with Crippen molar-refractivity contribution in [1.82, 2.24) is 24.6 Å². The highest BCUT2D eigenvalue weighted by Gasteiger charge is 2.33. The zero-order valence-electron chi connectivity index (χ0n) is 15.5. The Kier molecular flexibility index (Phi) is 5.06. The number of hydrogen-bond donors (Lipinski definition) is 0. The van der Waals surface area contributed by atoms with E-state index >= 15 is 0 Å². The third kappa shape index (κ3) is 3.59. The van der Waals surface area contributed by atoms with E-state index in [0.29, 0.717) is 6.04 Å². The van der Waals surface area contributed by atoms with E-state index in [1.165, 1.54) is 58.0 Å². The Hall–Kier alpha value is -1.43. The van der Waals surface area contributed by atoms with Crippen LogP contribution in [0.15, 0.2) is 0 Å². The fourth-order valence-corrected chi connectivity index (χ4v) is 4.95. The number of fused-ring (bicyclic) bond motifs is 1. The third-order valence-electron chi connectivity index (χ3n) is 6.38. The van der Waals surface area contributed by atoms with Gasteiger partial charge >= 0.3 is 0 Å². The molecule has 4 rings (SSSR count). The average molecular weight is 345 g/mol. The van der Waals surface area contributed by atoms with Crippen molar-refractivity contribution in [3.05, 3.63) is 11.6 Å². The Morgan fingerprint density at radius 3 is 2.64 bits per heavy atom. The van der Waals surface area contributed by atoms with Gasteiger partial charge in [-0.05, 0) is 38.1 Å². The van der Waals surface area contributed by atoms with Crippen molar-refractivity contribution in [2.75, 3.05) is 26.2 Å². The summed E-state index contributed by atoms with van der Waals surface area (Å²) in [6.45, 7) is 6.48. The molecule has 1 aromatic heterocycles. The Bertz CT molecular complexity index is 607. The maximum atomic E-state index is 11.7. The van der Waals surface area contributed by atoms with E-state index < -0.39 is 0 Å². The number of rotatable bonds is 3. The van der Waals surface area contributed by atoms with Gasteiger partial charge in [0.25, 0.3) is 0 Å². The van der Waals surface area contributed by atoms with E-state index in [4.69, 9.17) is 0 Å². The lowest BCUT2D eigenvalue weighted by atomic mass is 9.89. The molecule has 0 radical (unpaired) electrons. The molecule has 2 fully saturated rings. The number of hydrogen-bond acceptors (Lipinski definition) is 4.